The molecule has 1 aliphatic heterocycles. The predicted octanol–water partition coefficient (Wildman–Crippen LogP) is 4.82. The van der Waals surface area contributed by atoms with Gasteiger partial charge in [0.25, 0.3) is 0 Å². The fourth-order valence-electron chi connectivity index (χ4n) is 5.04. The highest BCUT2D eigenvalue weighted by atomic mass is 32.2. The van der Waals surface area contributed by atoms with Crippen LogP contribution in [0.25, 0.3) is 10.8 Å². The lowest BCUT2D eigenvalue weighted by molar-refractivity contribution is -0.0189. The lowest BCUT2D eigenvalue weighted by Crippen LogP contribution is -2.39. The summed E-state index contributed by atoms with van der Waals surface area (Å²) >= 11 is 0. The predicted molar refractivity (Wildman–Crippen MR) is 154 cm³/mol. The lowest BCUT2D eigenvalue weighted by Gasteiger charge is -2.36. The molecule has 0 amide bonds. The Bertz CT molecular complexity index is 1570. The summed E-state index contributed by atoms with van der Waals surface area (Å²) in [6, 6.07) is 5.20. The fourth-order valence-corrected chi connectivity index (χ4v) is 5.66. The molecule has 11 heteroatoms. The number of nitrogens with two attached hydrogens (primary N) is 1. The molecule has 0 saturated heterocycles. The first-order chi connectivity index (χ1) is 18.7. The van der Waals surface area contributed by atoms with Gasteiger partial charge in [-0.2, -0.15) is 0 Å². The van der Waals surface area contributed by atoms with Gasteiger partial charge < -0.3 is 20.5 Å². The number of nitrogens with one attached hydrogen (secondary N) is 1. The number of pyridine rings is 3. The number of anilines is 2. The minimum absolute atomic E-state index is 0.0900. The van der Waals surface area contributed by atoms with Crippen LogP contribution < -0.4 is 15.8 Å². The quantitative estimate of drug-likeness (QED) is 0.345. The number of carbonyl (C=O) groups excluding carboxylic acids is 1. The standard InChI is InChI=1S/C29H37N5O5S/c1-15(11-16(2)40(6,36)37)38-27-22-14-31-24(12-20(22)21(13-32-27)25(30)18-7-8-18)33-23-10-9-19-26(34-23)17(3)29(4,5)39-28(19)35/h9-10,12-18,25H,7-8,11,30H2,1-6H3,(H,31,33,34)/t15-,16-,17-,25-/m1/s1. The highest BCUT2D eigenvalue weighted by molar-refractivity contribution is 7.91. The van der Waals surface area contributed by atoms with E-state index in [0.717, 1.165) is 23.8 Å². The van der Waals surface area contributed by atoms with E-state index in [-0.39, 0.29) is 24.0 Å². The van der Waals surface area contributed by atoms with Crippen LogP contribution in [0.4, 0.5) is 11.6 Å². The molecule has 40 heavy (non-hydrogen) atoms. The number of rotatable bonds is 9. The molecule has 3 aromatic rings. The molecule has 3 N–H and O–H groups in total. The number of fused-ring (bicyclic) bond motifs is 2. The van der Waals surface area contributed by atoms with Crippen molar-refractivity contribution in [2.24, 2.45) is 11.7 Å². The SMILES string of the molecule is C[C@H](C[C@@H](C)S(C)(=O)=O)Oc1ncc([C@H](N)C2CC2)c2cc(Nc3ccc4c(n3)[C@@H](C)C(C)(C)OC4=O)ncc12. The molecule has 1 fully saturated rings. The van der Waals surface area contributed by atoms with Gasteiger partial charge in [-0.15, -0.1) is 0 Å². The highest BCUT2D eigenvalue weighted by Crippen LogP contribution is 2.43. The molecule has 4 atom stereocenters. The van der Waals surface area contributed by atoms with Crippen LogP contribution in [0.15, 0.2) is 30.6 Å². The Morgan fingerprint density at radius 3 is 2.55 bits per heavy atom. The number of nitrogens with zero attached hydrogens (tertiary/aromatic N) is 3. The molecular formula is C29H37N5O5S. The molecule has 0 spiro atoms. The minimum Gasteiger partial charge on any atom is -0.474 e. The van der Waals surface area contributed by atoms with Crippen molar-refractivity contribution in [3.63, 3.8) is 0 Å². The van der Waals surface area contributed by atoms with Gasteiger partial charge in [-0.05, 0) is 75.6 Å². The number of ether oxygens (including phenoxy) is 2. The molecule has 10 nitrogen and oxygen atoms in total. The van der Waals surface area contributed by atoms with Crippen LogP contribution in [-0.2, 0) is 14.6 Å². The Hall–Kier alpha value is -3.31. The zero-order chi connectivity index (χ0) is 29.0. The van der Waals surface area contributed by atoms with Crippen molar-refractivity contribution in [3.8, 4) is 5.88 Å². The van der Waals surface area contributed by atoms with E-state index >= 15 is 0 Å². The second kappa shape index (κ2) is 10.3. The Morgan fingerprint density at radius 2 is 1.88 bits per heavy atom. The number of cyclic esters (lactones) is 1. The average Bonchev–Trinajstić information content (AvgIpc) is 3.72. The van der Waals surface area contributed by atoms with E-state index in [1.165, 1.54) is 6.26 Å². The molecule has 1 saturated carbocycles. The summed E-state index contributed by atoms with van der Waals surface area (Å²) in [7, 11) is -3.18. The van der Waals surface area contributed by atoms with Gasteiger partial charge in [0.15, 0.2) is 0 Å². The van der Waals surface area contributed by atoms with E-state index in [9.17, 15) is 13.2 Å². The molecule has 5 rings (SSSR count). The smallest absolute Gasteiger partial charge is 0.340 e. The van der Waals surface area contributed by atoms with E-state index in [1.54, 1.807) is 31.5 Å². The topological polar surface area (TPSA) is 146 Å². The molecule has 0 bridgehead atoms. The number of esters is 1. The second-order valence-electron chi connectivity index (χ2n) is 11.8. The first kappa shape index (κ1) is 28.2. The number of hydrogen-bond acceptors (Lipinski definition) is 10. The van der Waals surface area contributed by atoms with E-state index < -0.39 is 20.7 Å². The number of sulfone groups is 1. The third-order valence-corrected chi connectivity index (χ3v) is 9.83. The van der Waals surface area contributed by atoms with Crippen molar-refractivity contribution in [1.82, 2.24) is 15.0 Å². The Morgan fingerprint density at radius 1 is 1.15 bits per heavy atom. The summed E-state index contributed by atoms with van der Waals surface area (Å²) in [5, 5.41) is 4.31. The molecule has 0 radical (unpaired) electrons. The third-order valence-electron chi connectivity index (χ3n) is 8.17. The van der Waals surface area contributed by atoms with Gasteiger partial charge in [0.2, 0.25) is 5.88 Å². The van der Waals surface area contributed by atoms with Crippen molar-refractivity contribution in [2.45, 2.75) is 82.8 Å². The van der Waals surface area contributed by atoms with Crippen LogP contribution in [0.5, 0.6) is 5.88 Å². The summed E-state index contributed by atoms with van der Waals surface area (Å²) in [6.45, 7) is 9.27. The van der Waals surface area contributed by atoms with Crippen molar-refractivity contribution in [2.75, 3.05) is 11.6 Å². The normalized spacial score (nSPS) is 20.8. The Labute approximate surface area is 235 Å². The summed E-state index contributed by atoms with van der Waals surface area (Å²) in [5.41, 5.74) is 8.01. The first-order valence-electron chi connectivity index (χ1n) is 13.7. The Kier molecular flexibility index (Phi) is 7.24. The summed E-state index contributed by atoms with van der Waals surface area (Å²) in [6.07, 6.45) is 6.79. The minimum atomic E-state index is -3.18. The van der Waals surface area contributed by atoms with Crippen LogP contribution in [-0.4, -0.2) is 52.5 Å². The molecule has 4 heterocycles. The van der Waals surface area contributed by atoms with E-state index in [1.807, 2.05) is 33.8 Å². The Balaban J connectivity index is 1.48. The number of hydrogen-bond donors (Lipinski definition) is 2. The number of carbonyl (C=O) groups is 1. The van der Waals surface area contributed by atoms with E-state index in [0.29, 0.717) is 46.5 Å². The molecule has 1 aliphatic carbocycles. The van der Waals surface area contributed by atoms with Crippen LogP contribution >= 0.6 is 0 Å². The molecule has 3 aromatic heterocycles. The van der Waals surface area contributed by atoms with Crippen molar-refractivity contribution >= 4 is 38.2 Å². The van der Waals surface area contributed by atoms with Gasteiger partial charge in [0.1, 0.15) is 27.1 Å². The van der Waals surface area contributed by atoms with Crippen molar-refractivity contribution in [1.29, 1.82) is 0 Å². The average molecular weight is 568 g/mol. The lowest BCUT2D eigenvalue weighted by atomic mass is 9.84. The van der Waals surface area contributed by atoms with Gasteiger partial charge in [-0.1, -0.05) is 6.92 Å². The van der Waals surface area contributed by atoms with Crippen molar-refractivity contribution in [3.05, 3.63) is 47.4 Å². The first-order valence-corrected chi connectivity index (χ1v) is 15.6. The molecule has 0 unspecified atom stereocenters. The summed E-state index contributed by atoms with van der Waals surface area (Å²) < 4.78 is 35.6. The summed E-state index contributed by atoms with van der Waals surface area (Å²) in [4.78, 5) is 26.4. The van der Waals surface area contributed by atoms with Crippen LogP contribution in [0.2, 0.25) is 0 Å². The zero-order valence-electron chi connectivity index (χ0n) is 23.8. The number of aromatic nitrogens is 3. The van der Waals surface area contributed by atoms with E-state index in [4.69, 9.17) is 20.2 Å². The molecule has 2 aliphatic rings. The zero-order valence-corrected chi connectivity index (χ0v) is 24.6. The second-order valence-corrected chi connectivity index (χ2v) is 14.2. The maximum atomic E-state index is 12.5. The van der Waals surface area contributed by atoms with Gasteiger partial charge in [0.05, 0.1) is 28.0 Å². The summed E-state index contributed by atoms with van der Waals surface area (Å²) in [5.74, 6) is 1.45. The van der Waals surface area contributed by atoms with Crippen LogP contribution in [0.1, 0.15) is 87.5 Å². The third kappa shape index (κ3) is 5.62. The van der Waals surface area contributed by atoms with Gasteiger partial charge in [-0.25, -0.2) is 28.2 Å². The van der Waals surface area contributed by atoms with Gasteiger partial charge in [0, 0.05) is 37.0 Å². The molecular weight excluding hydrogens is 530 g/mol. The van der Waals surface area contributed by atoms with E-state index in [2.05, 4.69) is 15.3 Å². The monoisotopic (exact) mass is 567 g/mol. The fraction of sp³-hybridized carbons (Fsp3) is 0.517. The van der Waals surface area contributed by atoms with Crippen LogP contribution in [0, 0.1) is 5.92 Å². The largest absolute Gasteiger partial charge is 0.474 e. The highest BCUT2D eigenvalue weighted by Gasteiger charge is 2.40. The van der Waals surface area contributed by atoms with Gasteiger partial charge >= 0.3 is 5.97 Å². The molecule has 0 aromatic carbocycles. The van der Waals surface area contributed by atoms with Crippen molar-refractivity contribution < 1.29 is 22.7 Å². The maximum Gasteiger partial charge on any atom is 0.340 e. The maximum absolute atomic E-state index is 12.5. The van der Waals surface area contributed by atoms with Crippen LogP contribution in [0.3, 0.4) is 0 Å². The van der Waals surface area contributed by atoms with Gasteiger partial charge in [-0.3, -0.25) is 0 Å². The molecule has 214 valence electrons.